The summed E-state index contributed by atoms with van der Waals surface area (Å²) in [5.41, 5.74) is 0. The molecule has 0 aromatic rings. The van der Waals surface area contributed by atoms with Crippen LogP contribution < -0.4 is 0 Å². The van der Waals surface area contributed by atoms with Crippen molar-refractivity contribution in [2.75, 3.05) is 87.4 Å². The molecule has 5 rings (SSSR count). The topological polar surface area (TPSA) is 580 Å². The van der Waals surface area contributed by atoms with Crippen molar-refractivity contribution in [3.63, 3.8) is 0 Å². The van der Waals surface area contributed by atoms with E-state index >= 15 is 0 Å². The molecule has 11 N–H and O–H groups in total. The van der Waals surface area contributed by atoms with E-state index in [0.29, 0.717) is 12.8 Å². The first kappa shape index (κ1) is 79.8. The normalized spacial score (nSPS) is 33.6. The first-order valence-electron chi connectivity index (χ1n) is 25.2. The van der Waals surface area contributed by atoms with Gasteiger partial charge >= 0.3 is 24.2 Å². The van der Waals surface area contributed by atoms with Crippen LogP contribution in [0.25, 0.3) is 0 Å². The van der Waals surface area contributed by atoms with E-state index in [2.05, 4.69) is 12.5 Å². The lowest BCUT2D eigenvalue weighted by molar-refractivity contribution is -0.261. The number of aliphatic hydroxyl groups excluding tert-OH is 11. The van der Waals surface area contributed by atoms with Crippen LogP contribution in [0.15, 0.2) is 0 Å². The quantitative estimate of drug-likeness (QED) is 0.0175. The summed E-state index contributed by atoms with van der Waals surface area (Å²) in [6.07, 6.45) is -14.9. The second kappa shape index (κ2) is 39.0. The fourth-order valence-corrected chi connectivity index (χ4v) is 18.5. The van der Waals surface area contributed by atoms with Gasteiger partial charge in [0, 0.05) is 32.7 Å². The van der Waals surface area contributed by atoms with Gasteiger partial charge in [-0.25, -0.2) is 25.3 Å². The highest BCUT2D eigenvalue weighted by Crippen LogP contribution is 2.33. The Labute approximate surface area is 492 Å². The maximum absolute atomic E-state index is 12.2. The molecule has 5 saturated heterocycles. The number of carbonyl (C=O) groups excluding carboxylic acids is 6. The van der Waals surface area contributed by atoms with Gasteiger partial charge in [0.2, 0.25) is 31.2 Å². The van der Waals surface area contributed by atoms with E-state index in [4.69, 9.17) is 57.8 Å². The van der Waals surface area contributed by atoms with E-state index in [-0.39, 0.29) is 86.5 Å². The number of carbonyl (C=O) groups is 2. The third-order valence-corrected chi connectivity index (χ3v) is 22.7. The lowest BCUT2D eigenvalue weighted by Crippen LogP contribution is -2.53. The van der Waals surface area contributed by atoms with E-state index in [1.807, 2.05) is 0 Å². The largest absolute Gasteiger partial charge is 0.726 e. The molecule has 5 fully saturated rings. The van der Waals surface area contributed by atoms with Gasteiger partial charge in [-0.2, -0.15) is 19.2 Å². The van der Waals surface area contributed by atoms with Gasteiger partial charge < -0.3 is 98.3 Å². The van der Waals surface area contributed by atoms with Gasteiger partial charge in [-0.05, 0) is 26.7 Å². The van der Waals surface area contributed by atoms with E-state index in [9.17, 15) is 94.5 Å². The number of hydrogen-bond donors (Lipinski definition) is 11. The van der Waals surface area contributed by atoms with Crippen LogP contribution >= 0.6 is 0 Å². The maximum atomic E-state index is 12.2. The third-order valence-electron chi connectivity index (χ3n) is 12.8. The standard InChI is InChI=1S/2C16H28O11S2.C9H18O9S2.2CO2/c2*1-3-9(15(20)24-4-2)16-25-6-11(27-29(21,22)23)12(26-16)8-28-7-10(18)14(19)13(28)5-17;10-1-7(18-20(15,16)17)5(12)3-19-4-6(13)9(14)8(19)2-11;2*2-1-3/h2*9-14,16-19H,3-8H2,1-2H3;5-14H,1-4H2;;/t2*9?,10-,11+,12-,13-,14+,16?,28?;5-,6-,7+,8-,9+,19?;;/m111../s1. The van der Waals surface area contributed by atoms with Gasteiger partial charge in [0.05, 0.1) is 52.9 Å². The van der Waals surface area contributed by atoms with Crippen molar-refractivity contribution in [2.24, 2.45) is 11.8 Å². The first-order valence-corrected chi connectivity index (χ1v) is 34.1. The number of hydrogen-bond acceptors (Lipinski definition) is 35. The van der Waals surface area contributed by atoms with Crippen LogP contribution in [-0.4, -0.2) is 308 Å². The Kier molecular flexibility index (Phi) is 37.0. The Morgan fingerprint density at radius 3 is 1.17 bits per heavy atom. The molecule has 492 valence electrons. The molecule has 0 bridgehead atoms. The zero-order valence-electron chi connectivity index (χ0n) is 45.5. The van der Waals surface area contributed by atoms with Crippen molar-refractivity contribution in [2.45, 2.75) is 142 Å². The summed E-state index contributed by atoms with van der Waals surface area (Å²) >= 11 is 0. The molecule has 0 aliphatic carbocycles. The van der Waals surface area contributed by atoms with Crippen LogP contribution in [0.4, 0.5) is 0 Å². The van der Waals surface area contributed by atoms with Crippen molar-refractivity contribution in [3.8, 4) is 0 Å². The molecule has 5 aliphatic heterocycles. The van der Waals surface area contributed by atoms with Crippen LogP contribution in [0.3, 0.4) is 0 Å². The van der Waals surface area contributed by atoms with Crippen molar-refractivity contribution < 1.29 is 165 Å². The zero-order chi connectivity index (χ0) is 64.4. The van der Waals surface area contributed by atoms with Crippen molar-refractivity contribution in [1.82, 2.24) is 0 Å². The predicted octanol–water partition coefficient (Wildman–Crippen LogP) is -9.51. The molecule has 0 spiro atoms. The summed E-state index contributed by atoms with van der Waals surface area (Å²) < 4.78 is 144. The highest BCUT2D eigenvalue weighted by atomic mass is 32.3. The minimum Gasteiger partial charge on any atom is -0.726 e. The number of ether oxygens (including phenoxy) is 6. The second-order valence-electron chi connectivity index (χ2n) is 18.3. The number of esters is 2. The molecule has 0 amide bonds. The van der Waals surface area contributed by atoms with Crippen LogP contribution in [0.2, 0.25) is 0 Å². The summed E-state index contributed by atoms with van der Waals surface area (Å²) in [7, 11) is -17.4. The highest BCUT2D eigenvalue weighted by Gasteiger charge is 2.55. The molecule has 0 aromatic carbocycles. The highest BCUT2D eigenvalue weighted by molar-refractivity contribution is 7.98. The summed E-state index contributed by atoms with van der Waals surface area (Å²) in [6.45, 7) is 4.48. The Morgan fingerprint density at radius 1 is 0.571 bits per heavy atom. The molecule has 5 aliphatic rings. The molecule has 7 unspecified atom stereocenters. The van der Waals surface area contributed by atoms with E-state index in [0.717, 1.165) is 0 Å². The number of aliphatic hydroxyl groups is 11. The first-order chi connectivity index (χ1) is 39.2. The minimum atomic E-state index is -5.07. The van der Waals surface area contributed by atoms with Crippen LogP contribution in [0.1, 0.15) is 40.5 Å². The Morgan fingerprint density at radius 2 is 0.893 bits per heavy atom. The molecular formula is C43H74O35S6. The molecular weight excluding hydrogens is 1270 g/mol. The third kappa shape index (κ3) is 26.5. The van der Waals surface area contributed by atoms with E-state index in [1.54, 1.807) is 27.7 Å². The molecule has 22 atom stereocenters. The minimum absolute atomic E-state index is 0.110. The van der Waals surface area contributed by atoms with E-state index in [1.165, 1.54) is 0 Å². The van der Waals surface area contributed by atoms with Crippen LogP contribution in [0.5, 0.6) is 0 Å². The van der Waals surface area contributed by atoms with Crippen LogP contribution in [0, 0.1) is 11.8 Å². The predicted molar refractivity (Wildman–Crippen MR) is 277 cm³/mol. The van der Waals surface area contributed by atoms with Gasteiger partial charge in [0.25, 0.3) is 0 Å². The van der Waals surface area contributed by atoms with Crippen LogP contribution in [-0.2, 0) is 134 Å². The van der Waals surface area contributed by atoms with Gasteiger partial charge in [-0.1, -0.05) is 13.8 Å². The van der Waals surface area contributed by atoms with Gasteiger partial charge in [-0.15, -0.1) is 0 Å². The zero-order valence-corrected chi connectivity index (χ0v) is 50.3. The fourth-order valence-electron chi connectivity index (χ4n) is 8.82. The molecule has 35 nitrogen and oxygen atoms in total. The number of rotatable bonds is 25. The summed E-state index contributed by atoms with van der Waals surface area (Å²) in [6, 6.07) is 0. The Hall–Kier alpha value is -2.24. The SMILES string of the molecule is CCOC(=O)C(CC)C1OC[C@H](OS(=O)(=O)[O-])[C@@H](C[S+]2C[C@@H](O)[C@H](O)[C@H]2CO)O1.CCOC(=O)C(CC)C1OC[C@H](OS(=O)(=O)[O-])[C@@H](C[S+]2C[C@@H](O)[C@H](O)[C@H]2CO)O1.O=C=O.O=C=O.O=S(=O)([O-])O[C@@H](CO)[C@H](O)C[S+]1C[C@@H](O)[C@H](O)[C@H]1CO. The van der Waals surface area contributed by atoms with Gasteiger partial charge in [0.15, 0.2) is 28.3 Å². The second-order valence-corrected chi connectivity index (χ2v) is 28.3. The molecule has 84 heavy (non-hydrogen) atoms. The fraction of sp³-hybridized carbons (Fsp3) is 0.907. The monoisotopic (exact) mass is 1340 g/mol. The summed E-state index contributed by atoms with van der Waals surface area (Å²) in [5, 5.41) is 104. The van der Waals surface area contributed by atoms with Crippen molar-refractivity contribution >= 4 is 88.1 Å². The molecule has 5 heterocycles. The maximum Gasteiger partial charge on any atom is 0.373 e. The van der Waals surface area contributed by atoms with Gasteiger partial charge in [0.1, 0.15) is 120 Å². The average Bonchev–Trinajstić information content (AvgIpc) is 3.49. The van der Waals surface area contributed by atoms with Gasteiger partial charge in [-0.3, -0.25) is 22.1 Å². The Balaban J connectivity index is 0.000000610. The average molecular weight is 1340 g/mol. The molecule has 0 radical (unpaired) electrons. The lowest BCUT2D eigenvalue weighted by Gasteiger charge is -2.38. The summed E-state index contributed by atoms with van der Waals surface area (Å²) in [5.74, 6) is -1.98. The molecule has 41 heteroatoms. The molecule has 0 aromatic heterocycles. The van der Waals surface area contributed by atoms with Crippen molar-refractivity contribution in [1.29, 1.82) is 0 Å². The Bertz CT molecular complexity index is 2220. The lowest BCUT2D eigenvalue weighted by atomic mass is 10.1. The molecule has 0 saturated carbocycles. The van der Waals surface area contributed by atoms with E-state index < -0.39 is 202 Å². The smallest absolute Gasteiger partial charge is 0.373 e. The summed E-state index contributed by atoms with van der Waals surface area (Å²) in [4.78, 5) is 56.8. The van der Waals surface area contributed by atoms with Crippen molar-refractivity contribution in [3.05, 3.63) is 0 Å².